The predicted molar refractivity (Wildman–Crippen MR) is 153 cm³/mol. The number of benzene rings is 2. The molecule has 1 saturated carbocycles. The van der Waals surface area contributed by atoms with Crippen LogP contribution >= 0.6 is 0 Å². The van der Waals surface area contributed by atoms with Gasteiger partial charge in [0.05, 0.1) is 10.9 Å². The van der Waals surface area contributed by atoms with Crippen LogP contribution in [0.3, 0.4) is 0 Å². The molecule has 0 radical (unpaired) electrons. The topological polar surface area (TPSA) is 105 Å². The summed E-state index contributed by atoms with van der Waals surface area (Å²) in [6.45, 7) is 7.75. The third kappa shape index (κ3) is 5.91. The highest BCUT2D eigenvalue weighted by molar-refractivity contribution is 5.99. The summed E-state index contributed by atoms with van der Waals surface area (Å²) < 4.78 is 1.42. The van der Waals surface area contributed by atoms with E-state index >= 15 is 0 Å². The molecule has 1 aliphatic carbocycles. The van der Waals surface area contributed by atoms with Crippen molar-refractivity contribution in [2.75, 3.05) is 5.32 Å². The van der Waals surface area contributed by atoms with E-state index in [1.807, 2.05) is 12.1 Å². The lowest BCUT2D eigenvalue weighted by atomic mass is 9.97. The number of fused-ring (bicyclic) bond motifs is 1. The molecule has 2 aliphatic rings. The van der Waals surface area contributed by atoms with Gasteiger partial charge in [0.2, 0.25) is 11.8 Å². The first kappa shape index (κ1) is 27.1. The van der Waals surface area contributed by atoms with Crippen molar-refractivity contribution in [3.05, 3.63) is 69.8 Å². The molecule has 3 aromatic rings. The van der Waals surface area contributed by atoms with Gasteiger partial charge >= 0.3 is 0 Å². The van der Waals surface area contributed by atoms with Gasteiger partial charge < -0.3 is 10.6 Å². The molecule has 8 heteroatoms. The van der Waals surface area contributed by atoms with Crippen LogP contribution in [0.4, 0.5) is 5.69 Å². The molecule has 1 aliphatic heterocycles. The summed E-state index contributed by atoms with van der Waals surface area (Å²) in [6, 6.07) is 13.9. The van der Waals surface area contributed by atoms with Gasteiger partial charge in [0.25, 0.3) is 5.56 Å². The third-order valence-electron chi connectivity index (χ3n) is 8.63. The van der Waals surface area contributed by atoms with Gasteiger partial charge in [-0.25, -0.2) is 4.98 Å². The fourth-order valence-corrected chi connectivity index (χ4v) is 6.15. The van der Waals surface area contributed by atoms with Crippen LogP contribution < -0.4 is 21.5 Å². The quantitative estimate of drug-likeness (QED) is 0.350. The Labute approximate surface area is 229 Å². The number of amides is 2. The van der Waals surface area contributed by atoms with Crippen LogP contribution in [0, 0.1) is 18.8 Å². The summed E-state index contributed by atoms with van der Waals surface area (Å²) in [6.07, 6.45) is 5.82. The second kappa shape index (κ2) is 11.7. The summed E-state index contributed by atoms with van der Waals surface area (Å²) in [4.78, 5) is 42.4. The standard InChI is InChI=1S/C31H39N5O3/c1-4-21-12-13-24(16-21)19(2)32-17-22-8-10-23(11-9-22)18-33-25-6-5-7-26-29(25)31(39)36(20(3)34-26)27-14-15-28(37)35-30(27)38/h5-11,19,21,24,27,32-33H,4,12-18H2,1-3H3,(H,35,37,38). The van der Waals surface area contributed by atoms with Gasteiger partial charge in [0.15, 0.2) is 0 Å². The number of aryl methyl sites for hydroxylation is 1. The number of rotatable bonds is 9. The van der Waals surface area contributed by atoms with E-state index in [9.17, 15) is 14.4 Å². The van der Waals surface area contributed by atoms with Crippen molar-refractivity contribution in [2.24, 2.45) is 11.8 Å². The van der Waals surface area contributed by atoms with Crippen LogP contribution in [0.15, 0.2) is 47.3 Å². The molecule has 0 spiro atoms. The summed E-state index contributed by atoms with van der Waals surface area (Å²) in [7, 11) is 0. The number of nitrogens with zero attached hydrogens (tertiary/aromatic N) is 2. The molecular weight excluding hydrogens is 490 g/mol. The first-order chi connectivity index (χ1) is 18.8. The summed E-state index contributed by atoms with van der Waals surface area (Å²) >= 11 is 0. The summed E-state index contributed by atoms with van der Waals surface area (Å²) in [5.74, 6) is 1.36. The van der Waals surface area contributed by atoms with Gasteiger partial charge in [-0.3, -0.25) is 24.3 Å². The van der Waals surface area contributed by atoms with E-state index in [4.69, 9.17) is 0 Å². The van der Waals surface area contributed by atoms with Gasteiger partial charge in [-0.1, -0.05) is 50.1 Å². The number of aromatic nitrogens is 2. The van der Waals surface area contributed by atoms with Crippen LogP contribution in [0.2, 0.25) is 0 Å². The molecule has 39 heavy (non-hydrogen) atoms. The van der Waals surface area contributed by atoms with Crippen molar-refractivity contribution in [1.82, 2.24) is 20.2 Å². The molecule has 2 aromatic carbocycles. The number of carbonyl (C=O) groups is 2. The maximum atomic E-state index is 13.6. The molecule has 2 heterocycles. The van der Waals surface area contributed by atoms with E-state index in [0.717, 1.165) is 23.9 Å². The molecule has 4 unspecified atom stereocenters. The molecule has 1 saturated heterocycles. The Morgan fingerprint density at radius 1 is 1.03 bits per heavy atom. The molecule has 3 N–H and O–H groups in total. The first-order valence-corrected chi connectivity index (χ1v) is 14.2. The fourth-order valence-electron chi connectivity index (χ4n) is 6.15. The van der Waals surface area contributed by atoms with Crippen molar-refractivity contribution in [3.63, 3.8) is 0 Å². The van der Waals surface area contributed by atoms with Crippen LogP contribution in [0.5, 0.6) is 0 Å². The Balaban J connectivity index is 1.26. The summed E-state index contributed by atoms with van der Waals surface area (Å²) in [5, 5.41) is 9.92. The second-order valence-corrected chi connectivity index (χ2v) is 11.2. The predicted octanol–water partition coefficient (Wildman–Crippen LogP) is 4.60. The second-order valence-electron chi connectivity index (χ2n) is 11.2. The minimum Gasteiger partial charge on any atom is -0.380 e. The van der Waals surface area contributed by atoms with Gasteiger partial charge in [0, 0.05) is 31.2 Å². The van der Waals surface area contributed by atoms with E-state index in [1.165, 1.54) is 35.8 Å². The van der Waals surface area contributed by atoms with E-state index in [-0.39, 0.29) is 24.3 Å². The van der Waals surface area contributed by atoms with Crippen LogP contribution in [-0.2, 0) is 22.7 Å². The van der Waals surface area contributed by atoms with Crippen molar-refractivity contribution in [3.8, 4) is 0 Å². The van der Waals surface area contributed by atoms with E-state index in [2.05, 4.69) is 59.0 Å². The van der Waals surface area contributed by atoms with Crippen LogP contribution in [-0.4, -0.2) is 27.4 Å². The highest BCUT2D eigenvalue weighted by atomic mass is 16.2. The van der Waals surface area contributed by atoms with Crippen LogP contribution in [0.25, 0.3) is 10.9 Å². The van der Waals surface area contributed by atoms with Crippen molar-refractivity contribution < 1.29 is 9.59 Å². The monoisotopic (exact) mass is 529 g/mol. The molecule has 5 rings (SSSR count). The van der Waals surface area contributed by atoms with Gasteiger partial charge in [-0.05, 0) is 68.2 Å². The van der Waals surface area contributed by atoms with Crippen molar-refractivity contribution in [2.45, 2.75) is 84.5 Å². The zero-order valence-electron chi connectivity index (χ0n) is 23.1. The molecule has 1 aromatic heterocycles. The average Bonchev–Trinajstić information content (AvgIpc) is 3.42. The number of imide groups is 1. The number of hydrogen-bond acceptors (Lipinski definition) is 6. The van der Waals surface area contributed by atoms with Crippen molar-refractivity contribution >= 4 is 28.4 Å². The largest absolute Gasteiger partial charge is 0.380 e. The highest BCUT2D eigenvalue weighted by Gasteiger charge is 2.31. The molecular formula is C31H39N5O3. The average molecular weight is 530 g/mol. The molecule has 4 atom stereocenters. The summed E-state index contributed by atoms with van der Waals surface area (Å²) in [5.41, 5.74) is 3.34. The molecule has 206 valence electrons. The maximum absolute atomic E-state index is 13.6. The SMILES string of the molecule is CCC1CCC(C(C)NCc2ccc(CNc3cccc4nc(C)n(C5CCC(=O)NC5=O)c(=O)c34)cc2)C1. The zero-order valence-corrected chi connectivity index (χ0v) is 23.1. The number of carbonyl (C=O) groups excluding carboxylic acids is 2. The molecule has 2 fully saturated rings. The lowest BCUT2D eigenvalue weighted by Crippen LogP contribution is -2.45. The zero-order chi connectivity index (χ0) is 27.5. The number of anilines is 1. The van der Waals surface area contributed by atoms with Gasteiger partial charge in [-0.15, -0.1) is 0 Å². The molecule has 2 amide bonds. The lowest BCUT2D eigenvalue weighted by Gasteiger charge is -2.24. The Bertz CT molecular complexity index is 1410. The minimum atomic E-state index is -0.745. The molecule has 0 bridgehead atoms. The Hall–Kier alpha value is -3.52. The Morgan fingerprint density at radius 2 is 1.77 bits per heavy atom. The maximum Gasteiger partial charge on any atom is 0.264 e. The lowest BCUT2D eigenvalue weighted by molar-refractivity contribution is -0.135. The number of nitrogens with one attached hydrogen (secondary N) is 3. The van der Waals surface area contributed by atoms with Gasteiger partial charge in [-0.2, -0.15) is 0 Å². The minimum absolute atomic E-state index is 0.199. The number of hydrogen-bond donors (Lipinski definition) is 3. The Morgan fingerprint density at radius 3 is 2.46 bits per heavy atom. The normalized spacial score (nSPS) is 22.2. The van der Waals surface area contributed by atoms with Gasteiger partial charge in [0.1, 0.15) is 11.9 Å². The van der Waals surface area contributed by atoms with Crippen molar-refractivity contribution in [1.29, 1.82) is 0 Å². The first-order valence-electron chi connectivity index (χ1n) is 14.2. The third-order valence-corrected chi connectivity index (χ3v) is 8.63. The fraction of sp³-hybridized carbons (Fsp3) is 0.484. The smallest absolute Gasteiger partial charge is 0.264 e. The Kier molecular flexibility index (Phi) is 8.12. The van der Waals surface area contributed by atoms with E-state index < -0.39 is 11.9 Å². The van der Waals surface area contributed by atoms with E-state index in [0.29, 0.717) is 35.0 Å². The molecule has 8 nitrogen and oxygen atoms in total. The number of piperidine rings is 1. The van der Waals surface area contributed by atoms with Crippen LogP contribution in [0.1, 0.15) is 75.4 Å². The highest BCUT2D eigenvalue weighted by Crippen LogP contribution is 2.34. The van der Waals surface area contributed by atoms with E-state index in [1.54, 1.807) is 13.0 Å².